The van der Waals surface area contributed by atoms with Gasteiger partial charge in [0.1, 0.15) is 0 Å². The van der Waals surface area contributed by atoms with Gasteiger partial charge in [0.15, 0.2) is 0 Å². The molecule has 98 valence electrons. The summed E-state index contributed by atoms with van der Waals surface area (Å²) in [6.45, 7) is 6.32. The molecule has 1 aliphatic heterocycles. The fourth-order valence-corrected chi connectivity index (χ4v) is 1.90. The Balaban J connectivity index is 1.86. The highest BCUT2D eigenvalue weighted by molar-refractivity contribution is 5.92. The van der Waals surface area contributed by atoms with Crippen LogP contribution in [0.1, 0.15) is 36.7 Å². The molecule has 2 N–H and O–H groups in total. The number of nitrogens with zero attached hydrogens (tertiary/aromatic N) is 2. The third kappa shape index (κ3) is 2.52. The molecule has 1 aromatic rings. The Bertz CT molecular complexity index is 459. The number of aryl methyl sites for hydroxylation is 2. The molecule has 1 amide bonds. The standard InChI is InChI=1S/C12H18N4O2/c1-4-9-5-11(18-16-9)12(17)13-6-10-7(2)14-15-8(10)3/h11H,4-6H2,1-3H3,(H,13,17)(H,14,15). The summed E-state index contributed by atoms with van der Waals surface area (Å²) < 4.78 is 0. The van der Waals surface area contributed by atoms with Gasteiger partial charge in [-0.05, 0) is 20.3 Å². The van der Waals surface area contributed by atoms with E-state index in [1.165, 1.54) is 0 Å². The summed E-state index contributed by atoms with van der Waals surface area (Å²) in [5, 5.41) is 13.7. The topological polar surface area (TPSA) is 79.4 Å². The Morgan fingerprint density at radius 1 is 1.56 bits per heavy atom. The molecule has 0 fully saturated rings. The molecule has 0 bridgehead atoms. The van der Waals surface area contributed by atoms with Crippen LogP contribution in [0.2, 0.25) is 0 Å². The van der Waals surface area contributed by atoms with E-state index in [1.54, 1.807) is 0 Å². The van der Waals surface area contributed by atoms with Gasteiger partial charge in [-0.1, -0.05) is 12.1 Å². The van der Waals surface area contributed by atoms with Gasteiger partial charge < -0.3 is 10.2 Å². The summed E-state index contributed by atoms with van der Waals surface area (Å²) in [5.41, 5.74) is 3.85. The minimum atomic E-state index is -0.479. The van der Waals surface area contributed by atoms with Crippen molar-refractivity contribution in [3.05, 3.63) is 17.0 Å². The van der Waals surface area contributed by atoms with Crippen LogP contribution in [0.25, 0.3) is 0 Å². The molecule has 0 aliphatic carbocycles. The fourth-order valence-electron chi connectivity index (χ4n) is 1.90. The van der Waals surface area contributed by atoms with Crippen molar-refractivity contribution in [2.75, 3.05) is 0 Å². The van der Waals surface area contributed by atoms with Crippen LogP contribution in [0.3, 0.4) is 0 Å². The number of hydrogen-bond acceptors (Lipinski definition) is 4. The van der Waals surface area contributed by atoms with E-state index in [1.807, 2.05) is 20.8 Å². The van der Waals surface area contributed by atoms with Gasteiger partial charge in [-0.2, -0.15) is 5.10 Å². The van der Waals surface area contributed by atoms with Crippen LogP contribution in [0.4, 0.5) is 0 Å². The second kappa shape index (κ2) is 5.20. The van der Waals surface area contributed by atoms with Crippen molar-refractivity contribution in [2.24, 2.45) is 5.16 Å². The van der Waals surface area contributed by atoms with Gasteiger partial charge in [0.05, 0.1) is 11.4 Å². The van der Waals surface area contributed by atoms with Crippen LogP contribution >= 0.6 is 0 Å². The maximum atomic E-state index is 11.9. The van der Waals surface area contributed by atoms with Crippen LogP contribution in [-0.2, 0) is 16.2 Å². The molecular formula is C12H18N4O2. The maximum Gasteiger partial charge on any atom is 0.264 e. The average Bonchev–Trinajstić information content (AvgIpc) is 2.95. The first-order chi connectivity index (χ1) is 8.61. The van der Waals surface area contributed by atoms with Gasteiger partial charge in [0.25, 0.3) is 5.91 Å². The first kappa shape index (κ1) is 12.6. The highest BCUT2D eigenvalue weighted by atomic mass is 16.6. The normalized spacial score (nSPS) is 18.4. The van der Waals surface area contributed by atoms with Gasteiger partial charge in [-0.15, -0.1) is 0 Å². The smallest absolute Gasteiger partial charge is 0.264 e. The summed E-state index contributed by atoms with van der Waals surface area (Å²) >= 11 is 0. The van der Waals surface area contributed by atoms with Gasteiger partial charge in [-0.25, -0.2) is 0 Å². The lowest BCUT2D eigenvalue weighted by atomic mass is 10.1. The number of carbonyl (C=O) groups excluding carboxylic acids is 1. The van der Waals surface area contributed by atoms with E-state index in [4.69, 9.17) is 4.84 Å². The third-order valence-electron chi connectivity index (χ3n) is 3.15. The molecule has 18 heavy (non-hydrogen) atoms. The Morgan fingerprint density at radius 3 is 2.89 bits per heavy atom. The Morgan fingerprint density at radius 2 is 2.33 bits per heavy atom. The first-order valence-electron chi connectivity index (χ1n) is 6.11. The van der Waals surface area contributed by atoms with Crippen molar-refractivity contribution < 1.29 is 9.63 Å². The SMILES string of the molecule is CCC1=NOC(C(=O)NCc2c(C)n[nH]c2C)C1. The van der Waals surface area contributed by atoms with Gasteiger partial charge in [0, 0.05) is 24.2 Å². The highest BCUT2D eigenvalue weighted by Gasteiger charge is 2.27. The number of aromatic nitrogens is 2. The average molecular weight is 250 g/mol. The Hall–Kier alpha value is -1.85. The highest BCUT2D eigenvalue weighted by Crippen LogP contribution is 2.13. The molecule has 0 spiro atoms. The number of hydrogen-bond donors (Lipinski definition) is 2. The lowest BCUT2D eigenvalue weighted by Gasteiger charge is -2.09. The summed E-state index contributed by atoms with van der Waals surface area (Å²) in [6, 6.07) is 0. The number of oxime groups is 1. The molecule has 6 nitrogen and oxygen atoms in total. The number of rotatable bonds is 4. The van der Waals surface area contributed by atoms with Crippen LogP contribution in [-0.4, -0.2) is 27.9 Å². The van der Waals surface area contributed by atoms with Crippen molar-refractivity contribution in [1.29, 1.82) is 0 Å². The van der Waals surface area contributed by atoms with E-state index < -0.39 is 6.10 Å². The quantitative estimate of drug-likeness (QED) is 0.842. The van der Waals surface area contributed by atoms with Gasteiger partial charge in [-0.3, -0.25) is 9.89 Å². The minimum absolute atomic E-state index is 0.123. The lowest BCUT2D eigenvalue weighted by molar-refractivity contribution is -0.131. The molecule has 0 radical (unpaired) electrons. The van der Waals surface area contributed by atoms with Crippen molar-refractivity contribution in [1.82, 2.24) is 15.5 Å². The number of H-pyrrole nitrogens is 1. The molecule has 0 aromatic carbocycles. The molecule has 1 unspecified atom stereocenters. The predicted molar refractivity (Wildman–Crippen MR) is 67.1 cm³/mol. The monoisotopic (exact) mass is 250 g/mol. The molecule has 0 saturated carbocycles. The zero-order valence-electron chi connectivity index (χ0n) is 10.9. The second-order valence-corrected chi connectivity index (χ2v) is 4.44. The number of carbonyl (C=O) groups is 1. The van der Waals surface area contributed by atoms with E-state index in [-0.39, 0.29) is 5.91 Å². The number of nitrogens with one attached hydrogen (secondary N) is 2. The van der Waals surface area contributed by atoms with Crippen molar-refractivity contribution >= 4 is 11.6 Å². The maximum absolute atomic E-state index is 11.9. The van der Waals surface area contributed by atoms with Crippen LogP contribution in [0, 0.1) is 13.8 Å². The van der Waals surface area contributed by atoms with Crippen molar-refractivity contribution in [2.45, 2.75) is 46.3 Å². The van der Waals surface area contributed by atoms with E-state index in [2.05, 4.69) is 20.7 Å². The predicted octanol–water partition coefficient (Wildman–Crippen LogP) is 1.20. The fraction of sp³-hybridized carbons (Fsp3) is 0.583. The number of amides is 1. The molecule has 2 heterocycles. The molecular weight excluding hydrogens is 232 g/mol. The van der Waals surface area contributed by atoms with Crippen molar-refractivity contribution in [3.63, 3.8) is 0 Å². The Labute approximate surface area is 106 Å². The molecule has 6 heteroatoms. The van der Waals surface area contributed by atoms with E-state index >= 15 is 0 Å². The van der Waals surface area contributed by atoms with Crippen LogP contribution < -0.4 is 5.32 Å². The molecule has 1 aromatic heterocycles. The largest absolute Gasteiger partial charge is 0.382 e. The zero-order chi connectivity index (χ0) is 13.1. The lowest BCUT2D eigenvalue weighted by Crippen LogP contribution is -2.34. The third-order valence-corrected chi connectivity index (χ3v) is 3.15. The summed E-state index contributed by atoms with van der Waals surface area (Å²) in [7, 11) is 0. The van der Waals surface area contributed by atoms with Crippen LogP contribution in [0.15, 0.2) is 5.16 Å². The van der Waals surface area contributed by atoms with Crippen LogP contribution in [0.5, 0.6) is 0 Å². The van der Waals surface area contributed by atoms with Gasteiger partial charge >= 0.3 is 0 Å². The Kier molecular flexibility index (Phi) is 3.64. The first-order valence-corrected chi connectivity index (χ1v) is 6.11. The van der Waals surface area contributed by atoms with E-state index in [0.717, 1.165) is 29.1 Å². The summed E-state index contributed by atoms with van der Waals surface area (Å²) in [4.78, 5) is 17.0. The molecule has 0 saturated heterocycles. The second-order valence-electron chi connectivity index (χ2n) is 4.44. The van der Waals surface area contributed by atoms with E-state index in [9.17, 15) is 4.79 Å². The molecule has 1 aliphatic rings. The molecule has 2 rings (SSSR count). The van der Waals surface area contributed by atoms with Gasteiger partial charge in [0.2, 0.25) is 6.10 Å². The summed E-state index contributed by atoms with van der Waals surface area (Å²) in [5.74, 6) is -0.123. The number of aromatic amines is 1. The van der Waals surface area contributed by atoms with Crippen molar-refractivity contribution in [3.8, 4) is 0 Å². The minimum Gasteiger partial charge on any atom is -0.382 e. The zero-order valence-corrected chi connectivity index (χ0v) is 10.9. The van der Waals surface area contributed by atoms with E-state index in [0.29, 0.717) is 13.0 Å². The summed E-state index contributed by atoms with van der Waals surface area (Å²) in [6.07, 6.45) is 0.933. The molecule has 1 atom stereocenters.